The van der Waals surface area contributed by atoms with Crippen LogP contribution in [-0.4, -0.2) is 24.0 Å². The number of furan rings is 1. The second-order valence-corrected chi connectivity index (χ2v) is 6.18. The second-order valence-electron chi connectivity index (χ2n) is 6.18. The first-order valence-corrected chi connectivity index (χ1v) is 8.35. The minimum atomic E-state index is -0.529. The number of anilines is 1. The predicted octanol–water partition coefficient (Wildman–Crippen LogP) is 4.33. The number of carbonyl (C=O) groups excluding carboxylic acids is 2. The Labute approximate surface area is 154 Å². The van der Waals surface area contributed by atoms with Crippen LogP contribution in [0.3, 0.4) is 0 Å². The third-order valence-corrected chi connectivity index (χ3v) is 4.26. The number of pyridine rings is 1. The Kier molecular flexibility index (Phi) is 4.08. The van der Waals surface area contributed by atoms with Crippen LogP contribution in [0.5, 0.6) is 0 Å². The number of hydrogen-bond acceptors (Lipinski definition) is 5. The normalized spacial score (nSPS) is 10.9. The van der Waals surface area contributed by atoms with E-state index in [0.717, 1.165) is 21.9 Å². The molecular formula is C21H16N2O4. The maximum atomic E-state index is 12.6. The van der Waals surface area contributed by atoms with Crippen molar-refractivity contribution in [1.82, 2.24) is 4.98 Å². The number of rotatable bonds is 3. The van der Waals surface area contributed by atoms with Crippen LogP contribution < -0.4 is 5.32 Å². The Balaban J connectivity index is 1.69. The minimum Gasteiger partial charge on any atom is -0.465 e. The molecule has 4 aromatic rings. The van der Waals surface area contributed by atoms with E-state index in [0.29, 0.717) is 11.4 Å². The molecule has 0 fully saturated rings. The molecule has 0 saturated heterocycles. The van der Waals surface area contributed by atoms with Crippen molar-refractivity contribution >= 4 is 39.6 Å². The Morgan fingerprint density at radius 3 is 2.67 bits per heavy atom. The molecule has 2 aromatic heterocycles. The number of nitrogens with one attached hydrogen (secondary N) is 1. The number of carbonyl (C=O) groups is 2. The standard InChI is InChI=1S/C21H16N2O4/c1-12-7-8-13-10-14-11-18(27-20(14)23-17(13)9-12)19(24)22-16-6-4-3-5-15(16)21(25)26-2/h3-11H,1-2H3,(H,22,24). The first kappa shape index (κ1) is 16.8. The molecule has 27 heavy (non-hydrogen) atoms. The van der Waals surface area contributed by atoms with E-state index in [9.17, 15) is 9.59 Å². The van der Waals surface area contributed by atoms with Crippen molar-refractivity contribution in [3.63, 3.8) is 0 Å². The summed E-state index contributed by atoms with van der Waals surface area (Å²) in [5.41, 5.74) is 2.91. The van der Waals surface area contributed by atoms with Gasteiger partial charge in [-0.05, 0) is 42.8 Å². The molecule has 6 heteroatoms. The summed E-state index contributed by atoms with van der Waals surface area (Å²) < 4.78 is 10.4. The van der Waals surface area contributed by atoms with Crippen molar-refractivity contribution in [3.8, 4) is 0 Å². The molecular weight excluding hydrogens is 344 g/mol. The van der Waals surface area contributed by atoms with E-state index in [-0.39, 0.29) is 11.3 Å². The highest BCUT2D eigenvalue weighted by Crippen LogP contribution is 2.25. The van der Waals surface area contributed by atoms with Gasteiger partial charge in [0.1, 0.15) is 0 Å². The number of esters is 1. The van der Waals surface area contributed by atoms with Gasteiger partial charge in [-0.1, -0.05) is 24.3 Å². The maximum absolute atomic E-state index is 12.6. The highest BCUT2D eigenvalue weighted by molar-refractivity contribution is 6.08. The van der Waals surface area contributed by atoms with E-state index in [2.05, 4.69) is 10.3 Å². The summed E-state index contributed by atoms with van der Waals surface area (Å²) in [5.74, 6) is -0.882. The lowest BCUT2D eigenvalue weighted by atomic mass is 10.1. The number of fused-ring (bicyclic) bond motifs is 2. The van der Waals surface area contributed by atoms with Crippen molar-refractivity contribution in [2.75, 3.05) is 12.4 Å². The predicted molar refractivity (Wildman–Crippen MR) is 102 cm³/mol. The first-order valence-electron chi connectivity index (χ1n) is 8.35. The van der Waals surface area contributed by atoms with Gasteiger partial charge in [-0.3, -0.25) is 4.79 Å². The van der Waals surface area contributed by atoms with Gasteiger partial charge in [-0.15, -0.1) is 0 Å². The molecule has 0 aliphatic heterocycles. The third-order valence-electron chi connectivity index (χ3n) is 4.26. The van der Waals surface area contributed by atoms with Crippen LogP contribution in [0.4, 0.5) is 5.69 Å². The lowest BCUT2D eigenvalue weighted by Crippen LogP contribution is -2.14. The van der Waals surface area contributed by atoms with Gasteiger partial charge in [0.2, 0.25) is 5.71 Å². The number of methoxy groups -OCH3 is 1. The second kappa shape index (κ2) is 6.57. The molecule has 0 aliphatic carbocycles. The van der Waals surface area contributed by atoms with Crippen LogP contribution in [0.15, 0.2) is 59.0 Å². The van der Waals surface area contributed by atoms with Crippen LogP contribution in [0, 0.1) is 6.92 Å². The summed E-state index contributed by atoms with van der Waals surface area (Å²) in [6, 6.07) is 16.1. The Morgan fingerprint density at radius 2 is 1.85 bits per heavy atom. The van der Waals surface area contributed by atoms with Crippen LogP contribution in [0.1, 0.15) is 26.5 Å². The van der Waals surface area contributed by atoms with Crippen molar-refractivity contribution < 1.29 is 18.7 Å². The number of hydrogen-bond donors (Lipinski definition) is 1. The monoisotopic (exact) mass is 360 g/mol. The number of aromatic nitrogens is 1. The molecule has 134 valence electrons. The topological polar surface area (TPSA) is 81.4 Å². The van der Waals surface area contributed by atoms with Crippen LogP contribution in [-0.2, 0) is 4.74 Å². The molecule has 0 radical (unpaired) electrons. The average Bonchev–Trinajstić information content (AvgIpc) is 3.09. The van der Waals surface area contributed by atoms with Gasteiger partial charge in [-0.25, -0.2) is 9.78 Å². The van der Waals surface area contributed by atoms with E-state index in [1.54, 1.807) is 30.3 Å². The van der Waals surface area contributed by atoms with E-state index in [4.69, 9.17) is 9.15 Å². The van der Waals surface area contributed by atoms with Gasteiger partial charge in [-0.2, -0.15) is 0 Å². The van der Waals surface area contributed by atoms with Crippen LogP contribution in [0.2, 0.25) is 0 Å². The maximum Gasteiger partial charge on any atom is 0.339 e. The van der Waals surface area contributed by atoms with Gasteiger partial charge >= 0.3 is 5.97 Å². The summed E-state index contributed by atoms with van der Waals surface area (Å²) in [5, 5.41) is 4.40. The molecule has 0 atom stereocenters. The number of para-hydroxylation sites is 1. The number of benzene rings is 2. The minimum absolute atomic E-state index is 0.115. The molecule has 0 aliphatic rings. The van der Waals surface area contributed by atoms with Crippen molar-refractivity contribution in [1.29, 1.82) is 0 Å². The van der Waals surface area contributed by atoms with Crippen LogP contribution >= 0.6 is 0 Å². The number of amides is 1. The highest BCUT2D eigenvalue weighted by atomic mass is 16.5. The van der Waals surface area contributed by atoms with Crippen molar-refractivity contribution in [2.24, 2.45) is 0 Å². The fourth-order valence-corrected chi connectivity index (χ4v) is 2.91. The Morgan fingerprint density at radius 1 is 1.04 bits per heavy atom. The first-order chi connectivity index (χ1) is 13.0. The fraction of sp³-hybridized carbons (Fsp3) is 0.0952. The Bertz CT molecular complexity index is 1190. The molecule has 1 amide bonds. The summed E-state index contributed by atoms with van der Waals surface area (Å²) in [6.45, 7) is 1.99. The van der Waals surface area contributed by atoms with Gasteiger partial charge in [0.05, 0.1) is 23.9 Å². The van der Waals surface area contributed by atoms with Gasteiger partial charge in [0, 0.05) is 10.8 Å². The summed E-state index contributed by atoms with van der Waals surface area (Å²) >= 11 is 0. The van der Waals surface area contributed by atoms with Crippen molar-refractivity contribution in [2.45, 2.75) is 6.92 Å². The number of ether oxygens (including phenoxy) is 1. The highest BCUT2D eigenvalue weighted by Gasteiger charge is 2.18. The number of nitrogens with zero attached hydrogens (tertiary/aromatic N) is 1. The quantitative estimate of drug-likeness (QED) is 0.550. The van der Waals surface area contributed by atoms with Crippen LogP contribution in [0.25, 0.3) is 22.0 Å². The van der Waals surface area contributed by atoms with E-state index < -0.39 is 11.9 Å². The molecule has 0 bridgehead atoms. The zero-order valence-corrected chi connectivity index (χ0v) is 14.8. The summed E-state index contributed by atoms with van der Waals surface area (Å²) in [6.07, 6.45) is 0. The average molecular weight is 360 g/mol. The lowest BCUT2D eigenvalue weighted by molar-refractivity contribution is 0.0602. The summed E-state index contributed by atoms with van der Waals surface area (Å²) in [7, 11) is 1.29. The molecule has 4 rings (SSSR count). The zero-order valence-electron chi connectivity index (χ0n) is 14.8. The largest absolute Gasteiger partial charge is 0.465 e. The SMILES string of the molecule is COC(=O)c1ccccc1NC(=O)c1cc2cc3ccc(C)cc3nc2o1. The lowest BCUT2D eigenvalue weighted by Gasteiger charge is -2.08. The Hall–Kier alpha value is -3.67. The fourth-order valence-electron chi connectivity index (χ4n) is 2.91. The van der Waals surface area contributed by atoms with Gasteiger partial charge < -0.3 is 14.5 Å². The zero-order chi connectivity index (χ0) is 19.0. The van der Waals surface area contributed by atoms with Crippen molar-refractivity contribution in [3.05, 3.63) is 71.5 Å². The molecule has 2 aromatic carbocycles. The number of aryl methyl sites for hydroxylation is 1. The smallest absolute Gasteiger partial charge is 0.339 e. The van der Waals surface area contributed by atoms with E-state index in [1.807, 2.05) is 31.2 Å². The third kappa shape index (κ3) is 3.13. The molecule has 0 unspecified atom stereocenters. The van der Waals surface area contributed by atoms with E-state index >= 15 is 0 Å². The molecule has 0 spiro atoms. The molecule has 0 saturated carbocycles. The summed E-state index contributed by atoms with van der Waals surface area (Å²) in [4.78, 5) is 28.9. The molecule has 6 nitrogen and oxygen atoms in total. The molecule has 1 N–H and O–H groups in total. The van der Waals surface area contributed by atoms with Gasteiger partial charge in [0.25, 0.3) is 5.91 Å². The molecule has 2 heterocycles. The van der Waals surface area contributed by atoms with Gasteiger partial charge in [0.15, 0.2) is 5.76 Å². The van der Waals surface area contributed by atoms with E-state index in [1.165, 1.54) is 7.11 Å².